The van der Waals surface area contributed by atoms with Gasteiger partial charge in [-0.25, -0.2) is 0 Å². The van der Waals surface area contributed by atoms with E-state index >= 15 is 0 Å². The van der Waals surface area contributed by atoms with Gasteiger partial charge in [-0.05, 0) is 43.9 Å². The summed E-state index contributed by atoms with van der Waals surface area (Å²) >= 11 is 0. The Labute approximate surface area is 204 Å². The minimum Gasteiger partial charge on any atom is -0.371 e. The number of hydrogen-bond acceptors (Lipinski definition) is 4. The van der Waals surface area contributed by atoms with Crippen molar-refractivity contribution in [2.24, 2.45) is 17.3 Å². The molecule has 1 unspecified atom stereocenters. The number of alkyl halides is 3. The quantitative estimate of drug-likeness (QED) is 0.634. The van der Waals surface area contributed by atoms with Crippen LogP contribution < -0.4 is 4.90 Å². The van der Waals surface area contributed by atoms with Crippen LogP contribution in [0, 0.1) is 28.6 Å². The highest BCUT2D eigenvalue weighted by molar-refractivity contribution is 5.84. The first-order valence-electron chi connectivity index (χ1n) is 12.4. The summed E-state index contributed by atoms with van der Waals surface area (Å²) in [5, 5.41) is 9.08. The molecule has 2 saturated heterocycles. The second kappa shape index (κ2) is 9.71. The Morgan fingerprint density at radius 3 is 2.34 bits per heavy atom. The van der Waals surface area contributed by atoms with Gasteiger partial charge in [-0.15, -0.1) is 0 Å². The highest BCUT2D eigenvalue weighted by Crippen LogP contribution is 2.47. The fourth-order valence-electron chi connectivity index (χ4n) is 6.17. The Morgan fingerprint density at radius 2 is 1.77 bits per heavy atom. The van der Waals surface area contributed by atoms with Crippen molar-refractivity contribution in [3.05, 3.63) is 29.3 Å². The standard InChI is InChI=1S/C26H33F3N4O2/c1-31(2)24(35)22-16-33(23(34)18-6-4-3-5-7-18)17-25(22)10-12-32(13-11-25)20-9-8-19(15-30)21(14-20)26(27,28)29/h8-9,14,18,22H,3-7,10-13,16-17H2,1-2H3. The smallest absolute Gasteiger partial charge is 0.371 e. The first kappa shape index (κ1) is 25.3. The number of rotatable bonds is 3. The molecule has 1 spiro atoms. The van der Waals surface area contributed by atoms with Gasteiger partial charge in [-0.3, -0.25) is 9.59 Å². The lowest BCUT2D eigenvalue weighted by Crippen LogP contribution is -2.48. The molecule has 1 aliphatic carbocycles. The Hall–Kier alpha value is -2.76. The molecule has 3 fully saturated rings. The number of nitriles is 1. The van der Waals surface area contributed by atoms with Gasteiger partial charge in [0.05, 0.1) is 23.1 Å². The molecule has 0 bridgehead atoms. The van der Waals surface area contributed by atoms with E-state index in [4.69, 9.17) is 5.26 Å². The first-order chi connectivity index (χ1) is 16.6. The Kier molecular flexibility index (Phi) is 7.03. The summed E-state index contributed by atoms with van der Waals surface area (Å²) in [4.78, 5) is 31.8. The first-order valence-corrected chi connectivity index (χ1v) is 12.4. The van der Waals surface area contributed by atoms with E-state index in [0.717, 1.165) is 38.2 Å². The van der Waals surface area contributed by atoms with Crippen molar-refractivity contribution in [1.82, 2.24) is 9.80 Å². The van der Waals surface area contributed by atoms with E-state index < -0.39 is 11.7 Å². The lowest BCUT2D eigenvalue weighted by Gasteiger charge is -2.43. The topological polar surface area (TPSA) is 67.7 Å². The Balaban J connectivity index is 1.53. The van der Waals surface area contributed by atoms with Crippen molar-refractivity contribution in [2.45, 2.75) is 51.1 Å². The minimum atomic E-state index is -4.60. The molecule has 9 heteroatoms. The van der Waals surface area contributed by atoms with E-state index in [1.165, 1.54) is 6.07 Å². The van der Waals surface area contributed by atoms with E-state index in [2.05, 4.69) is 0 Å². The maximum atomic E-state index is 13.5. The van der Waals surface area contributed by atoms with Gasteiger partial charge < -0.3 is 14.7 Å². The minimum absolute atomic E-state index is 0.00937. The molecule has 1 atom stereocenters. The van der Waals surface area contributed by atoms with E-state index in [1.807, 2.05) is 9.80 Å². The van der Waals surface area contributed by atoms with Crippen molar-refractivity contribution in [2.75, 3.05) is 45.2 Å². The largest absolute Gasteiger partial charge is 0.417 e. The lowest BCUT2D eigenvalue weighted by atomic mass is 9.70. The van der Waals surface area contributed by atoms with Crippen molar-refractivity contribution in [3.8, 4) is 6.07 Å². The average Bonchev–Trinajstić information content (AvgIpc) is 3.21. The highest BCUT2D eigenvalue weighted by Gasteiger charge is 2.53. The molecule has 2 amide bonds. The van der Waals surface area contributed by atoms with E-state index in [1.54, 1.807) is 31.1 Å². The maximum Gasteiger partial charge on any atom is 0.417 e. The van der Waals surface area contributed by atoms with Crippen LogP contribution >= 0.6 is 0 Å². The van der Waals surface area contributed by atoms with Crippen LogP contribution in [0.25, 0.3) is 0 Å². The molecule has 1 aromatic rings. The molecule has 4 rings (SSSR count). The van der Waals surface area contributed by atoms with E-state index in [9.17, 15) is 22.8 Å². The second-order valence-electron chi connectivity index (χ2n) is 10.5. The van der Waals surface area contributed by atoms with Crippen LogP contribution in [0.2, 0.25) is 0 Å². The van der Waals surface area contributed by atoms with Gasteiger partial charge in [0.2, 0.25) is 11.8 Å². The number of hydrogen-bond donors (Lipinski definition) is 0. The van der Waals surface area contributed by atoms with Crippen LogP contribution in [0.3, 0.4) is 0 Å². The van der Waals surface area contributed by atoms with Crippen molar-refractivity contribution >= 4 is 17.5 Å². The Morgan fingerprint density at radius 1 is 1.11 bits per heavy atom. The van der Waals surface area contributed by atoms with Gasteiger partial charge in [0.1, 0.15) is 0 Å². The third-order valence-electron chi connectivity index (χ3n) is 8.21. The van der Waals surface area contributed by atoms with Crippen LogP contribution in [0.1, 0.15) is 56.1 Å². The van der Waals surface area contributed by atoms with Crippen LogP contribution in [0.5, 0.6) is 0 Å². The van der Waals surface area contributed by atoms with Crippen LogP contribution in [0.15, 0.2) is 18.2 Å². The van der Waals surface area contributed by atoms with Gasteiger partial charge >= 0.3 is 6.18 Å². The molecule has 0 N–H and O–H groups in total. The van der Waals surface area contributed by atoms with E-state index in [0.29, 0.717) is 44.7 Å². The second-order valence-corrected chi connectivity index (χ2v) is 10.5. The molecule has 1 aromatic carbocycles. The zero-order valence-corrected chi connectivity index (χ0v) is 20.4. The van der Waals surface area contributed by atoms with Gasteiger partial charge in [-0.2, -0.15) is 18.4 Å². The van der Waals surface area contributed by atoms with E-state index in [-0.39, 0.29) is 34.6 Å². The molecule has 35 heavy (non-hydrogen) atoms. The number of anilines is 1. The van der Waals surface area contributed by atoms with Crippen LogP contribution in [0.4, 0.5) is 18.9 Å². The van der Waals surface area contributed by atoms with Crippen molar-refractivity contribution < 1.29 is 22.8 Å². The molecule has 6 nitrogen and oxygen atoms in total. The zero-order chi connectivity index (χ0) is 25.4. The number of nitrogens with zero attached hydrogens (tertiary/aromatic N) is 4. The van der Waals surface area contributed by atoms with Crippen LogP contribution in [-0.2, 0) is 15.8 Å². The van der Waals surface area contributed by atoms with Gasteiger partial charge in [-0.1, -0.05) is 19.3 Å². The molecule has 2 heterocycles. The fourth-order valence-corrected chi connectivity index (χ4v) is 6.17. The third kappa shape index (κ3) is 4.98. The third-order valence-corrected chi connectivity index (χ3v) is 8.21. The average molecular weight is 491 g/mol. The number of amides is 2. The molecule has 2 aliphatic heterocycles. The summed E-state index contributed by atoms with van der Waals surface area (Å²) in [6.45, 7) is 1.93. The number of carbonyl (C=O) groups is 2. The lowest BCUT2D eigenvalue weighted by molar-refractivity contribution is -0.138. The number of piperidine rings is 1. The number of carbonyl (C=O) groups excluding carboxylic acids is 2. The number of likely N-dealkylation sites (tertiary alicyclic amines) is 1. The molecule has 3 aliphatic rings. The summed E-state index contributed by atoms with van der Waals surface area (Å²) in [6, 6.07) is 5.45. The summed E-state index contributed by atoms with van der Waals surface area (Å²) in [7, 11) is 3.46. The summed E-state index contributed by atoms with van der Waals surface area (Å²) in [5.74, 6) is -0.106. The normalized spacial score (nSPS) is 22.8. The zero-order valence-electron chi connectivity index (χ0n) is 20.4. The molecule has 0 radical (unpaired) electrons. The molecule has 0 aromatic heterocycles. The SMILES string of the molecule is CN(C)C(=O)C1CN(C(=O)C2CCCCC2)CC12CCN(c1ccc(C#N)c(C(F)(F)F)c1)CC2. The van der Waals surface area contributed by atoms with Gasteiger partial charge in [0.15, 0.2) is 0 Å². The summed E-state index contributed by atoms with van der Waals surface area (Å²) in [5.41, 5.74) is -1.26. The number of benzene rings is 1. The molecular weight excluding hydrogens is 457 g/mol. The predicted octanol–water partition coefficient (Wildman–Crippen LogP) is 4.29. The molecule has 1 saturated carbocycles. The van der Waals surface area contributed by atoms with Gasteiger partial charge in [0, 0.05) is 57.3 Å². The Bertz CT molecular complexity index is 1000. The maximum absolute atomic E-state index is 13.5. The van der Waals surface area contributed by atoms with Crippen molar-refractivity contribution in [3.63, 3.8) is 0 Å². The number of halogens is 3. The summed E-state index contributed by atoms with van der Waals surface area (Å²) < 4.78 is 40.4. The van der Waals surface area contributed by atoms with Gasteiger partial charge in [0.25, 0.3) is 0 Å². The molecule has 190 valence electrons. The molecular formula is C26H33F3N4O2. The predicted molar refractivity (Wildman–Crippen MR) is 125 cm³/mol. The summed E-state index contributed by atoms with van der Waals surface area (Å²) in [6.07, 6.45) is 1.73. The fraction of sp³-hybridized carbons (Fsp3) is 0.654. The monoisotopic (exact) mass is 490 g/mol. The van der Waals surface area contributed by atoms with Crippen LogP contribution in [-0.4, -0.2) is 61.9 Å². The highest BCUT2D eigenvalue weighted by atomic mass is 19.4. The van der Waals surface area contributed by atoms with Crippen molar-refractivity contribution in [1.29, 1.82) is 5.26 Å².